The quantitative estimate of drug-likeness (QED) is 0.768. The number of hydrogen-bond acceptors (Lipinski definition) is 4. The summed E-state index contributed by atoms with van der Waals surface area (Å²) in [7, 11) is -3.75. The van der Waals surface area contributed by atoms with Crippen LogP contribution in [0.15, 0.2) is 53.4 Å². The highest BCUT2D eigenvalue weighted by Gasteiger charge is 2.24. The van der Waals surface area contributed by atoms with E-state index in [-0.39, 0.29) is 17.9 Å². The number of sulfonamides is 1. The van der Waals surface area contributed by atoms with Crippen molar-refractivity contribution >= 4 is 16.0 Å². The Labute approximate surface area is 149 Å². The van der Waals surface area contributed by atoms with Crippen LogP contribution in [-0.4, -0.2) is 21.0 Å². The largest absolute Gasteiger partial charge is 0.466 e. The van der Waals surface area contributed by atoms with E-state index in [1.807, 2.05) is 38.1 Å². The van der Waals surface area contributed by atoms with Crippen molar-refractivity contribution < 1.29 is 17.9 Å². The smallest absolute Gasteiger partial charge is 0.307 e. The summed E-state index contributed by atoms with van der Waals surface area (Å²) in [5.74, 6) is -0.445. The Morgan fingerprint density at radius 1 is 1.00 bits per heavy atom. The van der Waals surface area contributed by atoms with E-state index in [0.717, 1.165) is 11.1 Å². The van der Waals surface area contributed by atoms with Gasteiger partial charge < -0.3 is 4.74 Å². The summed E-state index contributed by atoms with van der Waals surface area (Å²) < 4.78 is 32.9. The van der Waals surface area contributed by atoms with E-state index in [0.29, 0.717) is 5.56 Å². The summed E-state index contributed by atoms with van der Waals surface area (Å²) >= 11 is 0. The van der Waals surface area contributed by atoms with Crippen molar-refractivity contribution in [3.63, 3.8) is 0 Å². The Balaban J connectivity index is 2.29. The van der Waals surface area contributed by atoms with Crippen LogP contribution in [0, 0.1) is 13.8 Å². The molecule has 0 spiro atoms. The molecule has 2 aromatic rings. The molecule has 0 radical (unpaired) electrons. The fourth-order valence-corrected chi connectivity index (χ4v) is 3.61. The second-order valence-corrected chi connectivity index (χ2v) is 7.62. The first-order chi connectivity index (χ1) is 11.8. The number of aryl methyl sites for hydroxylation is 2. The van der Waals surface area contributed by atoms with Crippen LogP contribution in [0.3, 0.4) is 0 Å². The Hall–Kier alpha value is -2.18. The van der Waals surface area contributed by atoms with Gasteiger partial charge in [-0.1, -0.05) is 47.5 Å². The number of carbonyl (C=O) groups is 1. The lowest BCUT2D eigenvalue weighted by Crippen LogP contribution is -2.30. The number of esters is 1. The van der Waals surface area contributed by atoms with Crippen LogP contribution in [0.5, 0.6) is 0 Å². The van der Waals surface area contributed by atoms with Gasteiger partial charge in [-0.25, -0.2) is 13.1 Å². The van der Waals surface area contributed by atoms with Gasteiger partial charge in [0.15, 0.2) is 0 Å². The maximum Gasteiger partial charge on any atom is 0.307 e. The summed E-state index contributed by atoms with van der Waals surface area (Å²) in [5.41, 5.74) is 2.75. The lowest BCUT2D eigenvalue weighted by molar-refractivity contribution is -0.143. The van der Waals surface area contributed by atoms with E-state index in [2.05, 4.69) is 4.72 Å². The normalized spacial score (nSPS) is 12.6. The van der Waals surface area contributed by atoms with Crippen LogP contribution in [-0.2, 0) is 19.6 Å². The predicted octanol–water partition coefficient (Wildman–Crippen LogP) is 3.28. The zero-order chi connectivity index (χ0) is 18.4. The van der Waals surface area contributed by atoms with Gasteiger partial charge in [0.25, 0.3) is 0 Å². The fourth-order valence-electron chi connectivity index (χ4n) is 2.39. The number of rotatable bonds is 7. The van der Waals surface area contributed by atoms with Gasteiger partial charge in [0.1, 0.15) is 0 Å². The van der Waals surface area contributed by atoms with Crippen molar-refractivity contribution in [3.05, 3.63) is 65.2 Å². The SMILES string of the molecule is CCOC(=O)C[C@H](NS(=O)(=O)c1ccc(C)cc1)c1ccc(C)cc1. The van der Waals surface area contributed by atoms with E-state index >= 15 is 0 Å². The van der Waals surface area contributed by atoms with Crippen LogP contribution in [0.4, 0.5) is 0 Å². The standard InChI is InChI=1S/C19H23NO4S/c1-4-24-19(21)13-18(16-9-5-14(2)6-10-16)20-25(22,23)17-11-7-15(3)8-12-17/h5-12,18,20H,4,13H2,1-3H3/t18-/m0/s1. The molecule has 0 aliphatic carbocycles. The number of ether oxygens (including phenoxy) is 1. The highest BCUT2D eigenvalue weighted by molar-refractivity contribution is 7.89. The maximum atomic E-state index is 12.7. The molecule has 0 unspecified atom stereocenters. The van der Waals surface area contributed by atoms with Gasteiger partial charge in [0.05, 0.1) is 24.0 Å². The molecule has 0 saturated carbocycles. The van der Waals surface area contributed by atoms with Crippen molar-refractivity contribution in [1.82, 2.24) is 4.72 Å². The minimum absolute atomic E-state index is 0.0675. The second kappa shape index (κ2) is 8.27. The molecule has 0 aliphatic heterocycles. The third kappa shape index (κ3) is 5.41. The second-order valence-electron chi connectivity index (χ2n) is 5.91. The van der Waals surface area contributed by atoms with E-state index in [1.54, 1.807) is 31.2 Å². The Morgan fingerprint density at radius 3 is 2.04 bits per heavy atom. The monoisotopic (exact) mass is 361 g/mol. The zero-order valence-electron chi connectivity index (χ0n) is 14.7. The predicted molar refractivity (Wildman–Crippen MR) is 96.7 cm³/mol. The average molecular weight is 361 g/mol. The first kappa shape index (κ1) is 19.1. The van der Waals surface area contributed by atoms with E-state index in [9.17, 15) is 13.2 Å². The topological polar surface area (TPSA) is 72.5 Å². The molecule has 0 heterocycles. The minimum Gasteiger partial charge on any atom is -0.466 e. The van der Waals surface area contributed by atoms with Gasteiger partial charge in [0, 0.05) is 0 Å². The molecule has 134 valence electrons. The average Bonchev–Trinajstić information content (AvgIpc) is 2.55. The van der Waals surface area contributed by atoms with Gasteiger partial charge >= 0.3 is 5.97 Å². The van der Waals surface area contributed by atoms with Crippen LogP contribution < -0.4 is 4.72 Å². The van der Waals surface area contributed by atoms with Gasteiger partial charge in [-0.3, -0.25) is 4.79 Å². The zero-order valence-corrected chi connectivity index (χ0v) is 15.5. The summed E-state index contributed by atoms with van der Waals surface area (Å²) in [4.78, 5) is 12.1. The van der Waals surface area contributed by atoms with Gasteiger partial charge in [-0.2, -0.15) is 0 Å². The van der Waals surface area contributed by atoms with Crippen LogP contribution >= 0.6 is 0 Å². The number of nitrogens with one attached hydrogen (secondary N) is 1. The highest BCUT2D eigenvalue weighted by atomic mass is 32.2. The lowest BCUT2D eigenvalue weighted by atomic mass is 10.0. The van der Waals surface area contributed by atoms with Crippen molar-refractivity contribution in [2.45, 2.75) is 38.1 Å². The first-order valence-electron chi connectivity index (χ1n) is 8.13. The van der Waals surface area contributed by atoms with Crippen LogP contribution in [0.1, 0.15) is 36.1 Å². The summed E-state index contributed by atoms with van der Waals surface area (Å²) in [6.07, 6.45) is -0.0675. The highest BCUT2D eigenvalue weighted by Crippen LogP contribution is 2.22. The molecule has 5 nitrogen and oxygen atoms in total. The third-order valence-corrected chi connectivity index (χ3v) is 5.27. The Kier molecular flexibility index (Phi) is 6.33. The van der Waals surface area contributed by atoms with Crippen molar-refractivity contribution in [2.24, 2.45) is 0 Å². The molecule has 0 aliphatic rings. The summed E-state index contributed by atoms with van der Waals surface area (Å²) in [6.45, 7) is 5.81. The Morgan fingerprint density at radius 2 is 1.52 bits per heavy atom. The minimum atomic E-state index is -3.75. The molecule has 2 aromatic carbocycles. The molecule has 25 heavy (non-hydrogen) atoms. The summed E-state index contributed by atoms with van der Waals surface area (Å²) in [6, 6.07) is 13.3. The van der Waals surface area contributed by atoms with E-state index in [4.69, 9.17) is 4.74 Å². The molecule has 1 atom stereocenters. The maximum absolute atomic E-state index is 12.7. The van der Waals surface area contributed by atoms with Crippen LogP contribution in [0.25, 0.3) is 0 Å². The first-order valence-corrected chi connectivity index (χ1v) is 9.61. The van der Waals surface area contributed by atoms with Gasteiger partial charge in [-0.15, -0.1) is 0 Å². The molecular formula is C19H23NO4S. The molecule has 6 heteroatoms. The fraction of sp³-hybridized carbons (Fsp3) is 0.316. The number of carbonyl (C=O) groups excluding carboxylic acids is 1. The van der Waals surface area contributed by atoms with Crippen LogP contribution in [0.2, 0.25) is 0 Å². The molecular weight excluding hydrogens is 338 g/mol. The number of benzene rings is 2. The van der Waals surface area contributed by atoms with E-state index in [1.165, 1.54) is 0 Å². The van der Waals surface area contributed by atoms with Crippen molar-refractivity contribution in [1.29, 1.82) is 0 Å². The van der Waals surface area contributed by atoms with Gasteiger partial charge in [-0.05, 0) is 38.5 Å². The number of hydrogen-bond donors (Lipinski definition) is 1. The molecule has 0 fully saturated rings. The molecule has 0 aromatic heterocycles. The van der Waals surface area contributed by atoms with Crippen molar-refractivity contribution in [2.75, 3.05) is 6.61 Å². The van der Waals surface area contributed by atoms with Gasteiger partial charge in [0.2, 0.25) is 10.0 Å². The molecule has 0 bridgehead atoms. The molecule has 0 amide bonds. The Bertz CT molecular complexity index is 812. The molecule has 2 rings (SSSR count). The summed E-state index contributed by atoms with van der Waals surface area (Å²) in [5, 5.41) is 0. The molecule has 1 N–H and O–H groups in total. The van der Waals surface area contributed by atoms with E-state index < -0.39 is 22.0 Å². The van der Waals surface area contributed by atoms with Crippen molar-refractivity contribution in [3.8, 4) is 0 Å². The lowest BCUT2D eigenvalue weighted by Gasteiger charge is -2.19. The molecule has 0 saturated heterocycles. The third-order valence-electron chi connectivity index (χ3n) is 3.78.